The molecule has 0 spiro atoms. The Bertz CT molecular complexity index is 634. The zero-order chi connectivity index (χ0) is 14.0. The molecule has 0 bridgehead atoms. The first kappa shape index (κ1) is 13.9. The summed E-state index contributed by atoms with van der Waals surface area (Å²) in [5.74, 6) is -0.786. The van der Waals surface area contributed by atoms with Gasteiger partial charge in [0, 0.05) is 5.75 Å². The number of nitriles is 1. The number of nitrogens with zero attached hydrogens (tertiary/aromatic N) is 2. The molecule has 1 aromatic carbocycles. The van der Waals surface area contributed by atoms with Crippen molar-refractivity contribution in [3.05, 3.63) is 29.8 Å². The maximum Gasteiger partial charge on any atom is 0.322 e. The monoisotopic (exact) mass is 298 g/mol. The molecule has 6 nitrogen and oxygen atoms in total. The maximum absolute atomic E-state index is 12.3. The molecule has 1 fully saturated rings. The fourth-order valence-electron chi connectivity index (χ4n) is 1.70. The molecule has 0 unspecified atom stereocenters. The fourth-order valence-corrected chi connectivity index (χ4v) is 4.83. The van der Waals surface area contributed by atoms with Gasteiger partial charge in [-0.3, -0.25) is 4.79 Å². The second-order valence-corrected chi connectivity index (χ2v) is 6.77. The van der Waals surface area contributed by atoms with Gasteiger partial charge in [0.1, 0.15) is 6.04 Å². The summed E-state index contributed by atoms with van der Waals surface area (Å²) >= 11 is 1.26. The second kappa shape index (κ2) is 5.21. The smallest absolute Gasteiger partial charge is 0.322 e. The summed E-state index contributed by atoms with van der Waals surface area (Å²) in [5, 5.41) is 17.7. The highest BCUT2D eigenvalue weighted by Crippen LogP contribution is 2.28. The topological polar surface area (TPSA) is 98.5 Å². The van der Waals surface area contributed by atoms with E-state index in [2.05, 4.69) is 0 Å². The van der Waals surface area contributed by atoms with Gasteiger partial charge in [0.05, 0.1) is 22.4 Å². The lowest BCUT2D eigenvalue weighted by Gasteiger charge is -2.19. The van der Waals surface area contributed by atoms with Crippen molar-refractivity contribution in [3.63, 3.8) is 0 Å². The summed E-state index contributed by atoms with van der Waals surface area (Å²) < 4.78 is 25.6. The van der Waals surface area contributed by atoms with E-state index >= 15 is 0 Å². The van der Waals surface area contributed by atoms with Crippen LogP contribution in [0.4, 0.5) is 0 Å². The first-order valence-corrected chi connectivity index (χ1v) is 7.89. The predicted octanol–water partition coefficient (Wildman–Crippen LogP) is 0.706. The van der Waals surface area contributed by atoms with Crippen LogP contribution >= 0.6 is 11.8 Å². The second-order valence-electron chi connectivity index (χ2n) is 3.88. The standard InChI is InChI=1S/C11H10N2O4S2/c12-5-8-1-3-9(4-2-8)19(16,17)13-7-18-6-10(13)11(14)15/h1-4,10H,6-7H2,(H,14,15)/t10-/m0/s1. The maximum atomic E-state index is 12.3. The van der Waals surface area contributed by atoms with Gasteiger partial charge in [-0.1, -0.05) is 0 Å². The van der Waals surface area contributed by atoms with Crippen LogP contribution in [-0.2, 0) is 14.8 Å². The number of hydrogen-bond acceptors (Lipinski definition) is 5. The normalized spacial score (nSPS) is 20.1. The molecule has 1 atom stereocenters. The van der Waals surface area contributed by atoms with Crippen molar-refractivity contribution in [2.45, 2.75) is 10.9 Å². The van der Waals surface area contributed by atoms with Crippen LogP contribution in [0.1, 0.15) is 5.56 Å². The number of carbonyl (C=O) groups is 1. The van der Waals surface area contributed by atoms with E-state index in [1.54, 1.807) is 0 Å². The molecule has 1 heterocycles. The van der Waals surface area contributed by atoms with Crippen LogP contribution in [-0.4, -0.2) is 41.5 Å². The first-order valence-electron chi connectivity index (χ1n) is 5.29. The van der Waals surface area contributed by atoms with Gasteiger partial charge in [-0.2, -0.15) is 9.57 Å². The Morgan fingerprint density at radius 3 is 2.58 bits per heavy atom. The lowest BCUT2D eigenvalue weighted by molar-refractivity contribution is -0.140. The van der Waals surface area contributed by atoms with E-state index in [-0.39, 0.29) is 16.5 Å². The van der Waals surface area contributed by atoms with Gasteiger partial charge in [0.25, 0.3) is 0 Å². The average Bonchev–Trinajstić information content (AvgIpc) is 2.89. The summed E-state index contributed by atoms with van der Waals surface area (Å²) in [7, 11) is -3.84. The molecular weight excluding hydrogens is 288 g/mol. The molecule has 0 radical (unpaired) electrons. The van der Waals surface area contributed by atoms with Crippen molar-refractivity contribution in [2.75, 3.05) is 11.6 Å². The van der Waals surface area contributed by atoms with Gasteiger partial charge in [0.15, 0.2) is 0 Å². The van der Waals surface area contributed by atoms with Gasteiger partial charge < -0.3 is 5.11 Å². The Morgan fingerprint density at radius 1 is 1.42 bits per heavy atom. The van der Waals surface area contributed by atoms with Gasteiger partial charge >= 0.3 is 5.97 Å². The van der Waals surface area contributed by atoms with Crippen LogP contribution in [0.15, 0.2) is 29.2 Å². The molecular formula is C11H10N2O4S2. The highest BCUT2D eigenvalue weighted by molar-refractivity contribution is 8.00. The quantitative estimate of drug-likeness (QED) is 0.882. The van der Waals surface area contributed by atoms with Crippen LogP contribution < -0.4 is 0 Å². The van der Waals surface area contributed by atoms with E-state index in [9.17, 15) is 13.2 Å². The van der Waals surface area contributed by atoms with E-state index < -0.39 is 22.0 Å². The number of benzene rings is 1. The molecule has 0 saturated carbocycles. The third-order valence-electron chi connectivity index (χ3n) is 2.72. The molecule has 0 aliphatic carbocycles. The minimum absolute atomic E-state index is 0.000231. The average molecular weight is 298 g/mol. The summed E-state index contributed by atoms with van der Waals surface area (Å²) in [6.45, 7) is 0. The van der Waals surface area contributed by atoms with Crippen LogP contribution in [0.2, 0.25) is 0 Å². The zero-order valence-corrected chi connectivity index (χ0v) is 11.3. The summed E-state index contributed by atoms with van der Waals surface area (Å²) in [6.07, 6.45) is 0. The Balaban J connectivity index is 2.36. The Hall–Kier alpha value is -1.56. The molecule has 1 aliphatic rings. The molecule has 1 aliphatic heterocycles. The SMILES string of the molecule is N#Cc1ccc(S(=O)(=O)N2CSC[C@H]2C(=O)O)cc1. The van der Waals surface area contributed by atoms with Gasteiger partial charge in [-0.05, 0) is 24.3 Å². The zero-order valence-electron chi connectivity index (χ0n) is 9.68. The van der Waals surface area contributed by atoms with Crippen molar-refractivity contribution in [1.29, 1.82) is 5.26 Å². The van der Waals surface area contributed by atoms with Crippen LogP contribution in [0.25, 0.3) is 0 Å². The predicted molar refractivity (Wildman–Crippen MR) is 68.9 cm³/mol. The summed E-state index contributed by atoms with van der Waals surface area (Å²) in [6, 6.07) is 6.28. The van der Waals surface area contributed by atoms with E-state index in [1.165, 1.54) is 36.0 Å². The highest BCUT2D eigenvalue weighted by Gasteiger charge is 2.39. The van der Waals surface area contributed by atoms with Crippen molar-refractivity contribution in [1.82, 2.24) is 4.31 Å². The first-order chi connectivity index (χ1) is 8.96. The number of carboxylic acid groups (broad SMARTS) is 1. The third-order valence-corrected chi connectivity index (χ3v) is 5.76. The van der Waals surface area contributed by atoms with E-state index in [4.69, 9.17) is 10.4 Å². The minimum atomic E-state index is -3.84. The summed E-state index contributed by atoms with van der Waals surface area (Å²) in [4.78, 5) is 11.0. The van der Waals surface area contributed by atoms with E-state index in [0.29, 0.717) is 5.56 Å². The summed E-state index contributed by atoms with van der Waals surface area (Å²) in [5.41, 5.74) is 0.351. The minimum Gasteiger partial charge on any atom is -0.480 e. The van der Waals surface area contributed by atoms with Gasteiger partial charge in [-0.25, -0.2) is 8.42 Å². The molecule has 19 heavy (non-hydrogen) atoms. The van der Waals surface area contributed by atoms with Crippen LogP contribution in [0.3, 0.4) is 0 Å². The Labute approximate surface area is 114 Å². The molecule has 0 amide bonds. The lowest BCUT2D eigenvalue weighted by atomic mass is 10.2. The molecule has 2 rings (SSSR count). The highest BCUT2D eigenvalue weighted by atomic mass is 32.2. The van der Waals surface area contributed by atoms with Crippen molar-refractivity contribution in [3.8, 4) is 6.07 Å². The number of hydrogen-bond donors (Lipinski definition) is 1. The van der Waals surface area contributed by atoms with Crippen LogP contribution in [0, 0.1) is 11.3 Å². The molecule has 1 aromatic rings. The number of rotatable bonds is 3. The van der Waals surface area contributed by atoms with E-state index in [1.807, 2.05) is 6.07 Å². The number of sulfonamides is 1. The number of carboxylic acids is 1. The molecule has 0 aromatic heterocycles. The molecule has 8 heteroatoms. The molecule has 1 saturated heterocycles. The Morgan fingerprint density at radius 2 is 2.05 bits per heavy atom. The number of aliphatic carboxylic acids is 1. The van der Waals surface area contributed by atoms with E-state index in [0.717, 1.165) is 4.31 Å². The molecule has 100 valence electrons. The van der Waals surface area contributed by atoms with Crippen molar-refractivity contribution >= 4 is 27.8 Å². The van der Waals surface area contributed by atoms with Crippen molar-refractivity contribution in [2.24, 2.45) is 0 Å². The van der Waals surface area contributed by atoms with Gasteiger partial charge in [0.2, 0.25) is 10.0 Å². The fraction of sp³-hybridized carbons (Fsp3) is 0.273. The Kier molecular flexibility index (Phi) is 3.80. The lowest BCUT2D eigenvalue weighted by Crippen LogP contribution is -2.41. The molecule has 1 N–H and O–H groups in total. The van der Waals surface area contributed by atoms with Gasteiger partial charge in [-0.15, -0.1) is 11.8 Å². The van der Waals surface area contributed by atoms with Crippen LogP contribution in [0.5, 0.6) is 0 Å². The third kappa shape index (κ3) is 2.58. The van der Waals surface area contributed by atoms with Crippen molar-refractivity contribution < 1.29 is 18.3 Å². The number of thioether (sulfide) groups is 1. The largest absolute Gasteiger partial charge is 0.480 e.